The van der Waals surface area contributed by atoms with E-state index in [0.29, 0.717) is 18.6 Å². The van der Waals surface area contributed by atoms with E-state index in [0.717, 1.165) is 136 Å². The van der Waals surface area contributed by atoms with Crippen LogP contribution in [-0.4, -0.2) is 36.3 Å². The molecule has 45 heteroatoms. The Kier molecular flexibility index (Phi) is 40.5. The number of rotatable bonds is 27. The highest BCUT2D eigenvalue weighted by Crippen LogP contribution is 2.47. The van der Waals surface area contributed by atoms with Gasteiger partial charge < -0.3 is 28.4 Å². The van der Waals surface area contributed by atoms with Crippen LogP contribution in [0.25, 0.3) is 5.83 Å². The second-order valence-electron chi connectivity index (χ2n) is 29.8. The Morgan fingerprint density at radius 1 is 0.284 bits per heavy atom. The fourth-order valence-electron chi connectivity index (χ4n) is 12.4. The second kappa shape index (κ2) is 49.3. The largest absolute Gasteiger partial charge is 0.573 e. The second-order valence-corrected chi connectivity index (χ2v) is 29.8. The molecule has 10 aromatic carbocycles. The number of halogens is 33. The maximum absolute atomic E-state index is 14.1. The van der Waals surface area contributed by atoms with E-state index < -0.39 is 210 Å². The van der Waals surface area contributed by atoms with Crippen molar-refractivity contribution in [1.29, 1.82) is 10.5 Å². The molecule has 10 rings (SSSR count). The Labute approximate surface area is 779 Å². The molecule has 0 radical (unpaired) electrons. The van der Waals surface area contributed by atoms with Gasteiger partial charge in [-0.3, -0.25) is 0 Å². The zero-order valence-electron chi connectivity index (χ0n) is 73.2. The Hall–Kier alpha value is -13.9. The van der Waals surface area contributed by atoms with Crippen LogP contribution >= 0.6 is 0 Å². The molecule has 0 bridgehead atoms. The third-order valence-electron chi connectivity index (χ3n) is 19.1. The van der Waals surface area contributed by atoms with Crippen LogP contribution in [0.3, 0.4) is 0 Å². The number of carbonyl (C=O) groups excluding carboxylic acids is 4. The fraction of sp³-hybridized carbons (Fsp3) is 0.292. The Morgan fingerprint density at radius 3 is 0.759 bits per heavy atom. The Bertz CT molecular complexity index is 5920. The number of alkyl halides is 26. The number of carbonyl (C=O) groups is 4. The molecule has 0 saturated heterocycles. The van der Waals surface area contributed by atoms with E-state index in [9.17, 15) is 164 Å². The minimum Gasteiger partial charge on any atom is -0.427 e. The van der Waals surface area contributed by atoms with Crippen LogP contribution in [0, 0.1) is 51.7 Å². The van der Waals surface area contributed by atoms with E-state index in [2.05, 4.69) is 21.1 Å². The van der Waals surface area contributed by atoms with E-state index in [1.54, 1.807) is 48.5 Å². The van der Waals surface area contributed by atoms with Crippen LogP contribution in [0.4, 0.5) is 145 Å². The molecule has 0 atom stereocenters. The molecule has 0 aliphatic heterocycles. The third-order valence-corrected chi connectivity index (χ3v) is 19.1. The predicted molar refractivity (Wildman–Crippen MR) is 438 cm³/mol. The third kappa shape index (κ3) is 34.5. The summed E-state index contributed by atoms with van der Waals surface area (Å²) in [5.74, 6) is -25.8. The van der Waals surface area contributed by atoms with Crippen LogP contribution < -0.4 is 28.4 Å². The van der Waals surface area contributed by atoms with Gasteiger partial charge in [-0.05, 0) is 158 Å². The number of hydrogen-bond donors (Lipinski definition) is 0. The molecule has 0 amide bonds. The van der Waals surface area contributed by atoms with Crippen LogP contribution in [0.2, 0.25) is 0 Å². The number of aryl methyl sites for hydroxylation is 5. The molecule has 10 aromatic rings. The maximum Gasteiger partial charge on any atom is 0.573 e. The summed E-state index contributed by atoms with van der Waals surface area (Å²) in [5, 5.41) is 17.6. The molecule has 0 aliphatic rings. The van der Waals surface area contributed by atoms with Crippen LogP contribution in [-0.2, 0) is 75.3 Å². The van der Waals surface area contributed by atoms with Crippen molar-refractivity contribution >= 4 is 29.7 Å². The summed E-state index contributed by atoms with van der Waals surface area (Å²) >= 11 is 0. The average Bonchev–Trinajstić information content (AvgIpc) is 0.784. The van der Waals surface area contributed by atoms with Crippen molar-refractivity contribution in [3.8, 4) is 46.6 Å². The van der Waals surface area contributed by atoms with Crippen molar-refractivity contribution in [3.63, 3.8) is 0 Å². The van der Waals surface area contributed by atoms with Gasteiger partial charge in [-0.15, -0.1) is 13.2 Å². The summed E-state index contributed by atoms with van der Waals surface area (Å²) in [5.41, 5.74) is -13.1. The first kappa shape index (κ1) is 116. The minimum atomic E-state index is -5.43. The number of benzene rings is 10. The van der Waals surface area contributed by atoms with Gasteiger partial charge in [0.25, 0.3) is 0 Å². The van der Waals surface area contributed by atoms with Gasteiger partial charge >= 0.3 is 79.6 Å². The van der Waals surface area contributed by atoms with Gasteiger partial charge in [0.05, 0.1) is 66.8 Å². The number of esters is 4. The highest BCUT2D eigenvalue weighted by Gasteiger charge is 2.48. The lowest BCUT2D eigenvalue weighted by Gasteiger charge is -2.18. The van der Waals surface area contributed by atoms with Gasteiger partial charge in [-0.1, -0.05) is 152 Å². The lowest BCUT2D eigenvalue weighted by Crippen LogP contribution is -2.26. The maximum atomic E-state index is 14.1. The van der Waals surface area contributed by atoms with Crippen molar-refractivity contribution in [3.05, 3.63) is 323 Å². The van der Waals surface area contributed by atoms with Crippen molar-refractivity contribution in [2.75, 3.05) is 0 Å². The number of hydrogen-bond acceptors (Lipinski definition) is 12. The summed E-state index contributed by atoms with van der Waals surface area (Å²) < 4.78 is 458. The van der Waals surface area contributed by atoms with Gasteiger partial charge in [0.15, 0.2) is 17.5 Å². The van der Waals surface area contributed by atoms with Gasteiger partial charge in [-0.25, -0.2) is 45.5 Å². The van der Waals surface area contributed by atoms with Crippen LogP contribution in [0.5, 0.6) is 34.5 Å². The quantitative estimate of drug-likeness (QED) is 0.0207. The van der Waals surface area contributed by atoms with Crippen molar-refractivity contribution in [1.82, 2.24) is 0 Å². The lowest BCUT2D eigenvalue weighted by molar-refractivity contribution is -0.276. The molecule has 0 saturated carbocycles. The number of nitriles is 2. The summed E-state index contributed by atoms with van der Waals surface area (Å²) in [6.07, 6.45) is -35.2. The minimum absolute atomic E-state index is 0.0271. The average molecular weight is 2040 g/mol. The molecule has 0 heterocycles. The van der Waals surface area contributed by atoms with E-state index in [-0.39, 0.29) is 70.8 Å². The highest BCUT2D eigenvalue weighted by molar-refractivity contribution is 5.93. The predicted octanol–water partition coefficient (Wildman–Crippen LogP) is 31.4. The number of ether oxygens (including phenoxy) is 6. The normalized spacial score (nSPS) is 12.1. The molecular weight excluding hydrogens is 1970 g/mol. The SMILES string of the molecule is CCCCCc1ccc(C(=O)Oc2cc(C(F)(F)F)c(C#N)c(C(F)(F)F)c2)cc1.CCCCCc1ccc(C(=O)Oc2cc(C(F)(F)F)c(F)c(C(F)(F)F)c2)cc1.CCCc1ccc(/C(F)=C(\F)C(F)(F)Oc2cc(F)c(C(F)(F)F)c(F)c2)cc1.CCCc1ccc(C(=O)Oc2cc(C(F)(F)F)c(C#N)c(C(F)(F)F)c2)cc1.CCCc1ccc(C(=O)Oc2cc(F)c(OC(F)(F)F)c(F)c2)cc1. The fourth-order valence-corrected chi connectivity index (χ4v) is 12.4. The molecule has 12 nitrogen and oxygen atoms in total. The molecule has 0 unspecified atom stereocenters. The van der Waals surface area contributed by atoms with Crippen LogP contribution in [0.1, 0.15) is 217 Å². The molecule has 0 aliphatic carbocycles. The van der Waals surface area contributed by atoms with Crippen molar-refractivity contribution < 1.29 is 192 Å². The number of unbranched alkanes of at least 4 members (excludes halogenated alkanes) is 4. The van der Waals surface area contributed by atoms with E-state index in [4.69, 9.17) is 24.7 Å². The summed E-state index contributed by atoms with van der Waals surface area (Å²) in [4.78, 5) is 48.4. The van der Waals surface area contributed by atoms with Crippen LogP contribution in [0.15, 0.2) is 188 Å². The molecular formula is C96H73F33N2O10. The Balaban J connectivity index is 0.000000270. The van der Waals surface area contributed by atoms with Gasteiger partial charge in [0.1, 0.15) is 63.9 Å². The molecule has 0 aromatic heterocycles. The topological polar surface area (TPSA) is 171 Å². The summed E-state index contributed by atoms with van der Waals surface area (Å²) in [7, 11) is 0. The Morgan fingerprint density at radius 2 is 0.525 bits per heavy atom. The number of nitrogens with zero attached hydrogens (tertiary/aromatic N) is 2. The molecule has 141 heavy (non-hydrogen) atoms. The van der Waals surface area contributed by atoms with E-state index >= 15 is 0 Å². The first-order valence-electron chi connectivity index (χ1n) is 41.1. The van der Waals surface area contributed by atoms with Gasteiger partial charge in [0, 0.05) is 29.8 Å². The lowest BCUT2D eigenvalue weighted by atomic mass is 10.0. The zero-order chi connectivity index (χ0) is 106. The van der Waals surface area contributed by atoms with Crippen molar-refractivity contribution in [2.45, 2.75) is 180 Å². The molecule has 0 spiro atoms. The monoisotopic (exact) mass is 2040 g/mol. The summed E-state index contributed by atoms with van der Waals surface area (Å²) in [6.45, 7) is 9.92. The zero-order valence-corrected chi connectivity index (χ0v) is 73.2. The summed E-state index contributed by atoms with van der Waals surface area (Å²) in [6, 6.07) is 32.5. The smallest absolute Gasteiger partial charge is 0.427 e. The van der Waals surface area contributed by atoms with E-state index in [1.165, 1.54) is 60.7 Å². The van der Waals surface area contributed by atoms with Gasteiger partial charge in [-0.2, -0.15) is 116 Å². The van der Waals surface area contributed by atoms with Gasteiger partial charge in [0.2, 0.25) is 11.6 Å². The first-order valence-corrected chi connectivity index (χ1v) is 41.1. The standard InChI is InChI=1S/C21H17F6NO2.C20H17F7O2.C19H13F9O.C19H13F6NO2.C17H13F5O3/c1-2-3-4-5-13-6-8-14(9-7-13)19(29)30-15-10-17(20(22,23)24)16(12-28)18(11-15)21(25,26)27;1-2-3-4-5-12-6-8-13(9-7-12)18(28)29-14-10-15(19(22,23)24)17(21)16(11-14)20(25,26)27;1-2-3-10-4-6-11(7-5-10)16(22)17(23)19(27,28)29-12-8-13(20)15(14(21)9-12)18(24,25)26;1-2-3-11-4-6-12(7-5-11)17(27)28-13-8-15(18(20,21)22)14(10-26)16(9-13)19(23,24)25;1-2-3-10-4-6-11(7-5-10)16(23)24-12-8-13(18)15(14(19)9-12)25-17(20,21)22/h6-11H,2-5H2,1H3;6-11H,2-5H2,1H3;4-9H,2-3H2,1H3;4-9H,2-3H2,1H3;4-9H,2-3H2,1H3/b;;17-16+;;. The molecule has 758 valence electrons. The first-order chi connectivity index (χ1) is 65.4. The van der Waals surface area contributed by atoms with Crippen molar-refractivity contribution in [2.24, 2.45) is 0 Å². The highest BCUT2D eigenvalue weighted by atomic mass is 19.4. The molecule has 0 N–H and O–H groups in total. The van der Waals surface area contributed by atoms with E-state index in [1.807, 2.05) is 27.7 Å². The molecule has 0 fully saturated rings.